The van der Waals surface area contributed by atoms with E-state index < -0.39 is 7.92 Å². The van der Waals surface area contributed by atoms with Gasteiger partial charge in [-0.1, -0.05) is 71.3 Å². The van der Waals surface area contributed by atoms with E-state index >= 15 is 0 Å². The van der Waals surface area contributed by atoms with Gasteiger partial charge >= 0.3 is 18.9 Å². The number of hydrogen-bond acceptors (Lipinski definition) is 2. The van der Waals surface area contributed by atoms with Crippen LogP contribution >= 0.6 is 7.92 Å². The third-order valence-corrected chi connectivity index (χ3v) is 4.97. The minimum atomic E-state index is -0.421. The third kappa shape index (κ3) is 9.98. The van der Waals surface area contributed by atoms with Crippen molar-refractivity contribution in [2.75, 3.05) is 41.3 Å². The van der Waals surface area contributed by atoms with Crippen LogP contribution in [0.4, 0.5) is 0 Å². The van der Waals surface area contributed by atoms with E-state index in [4.69, 9.17) is 0 Å². The van der Waals surface area contributed by atoms with Gasteiger partial charge in [0, 0.05) is 13.1 Å². The van der Waals surface area contributed by atoms with Crippen LogP contribution in [0.15, 0.2) is 60.7 Å². The van der Waals surface area contributed by atoms with Crippen molar-refractivity contribution < 1.29 is 18.9 Å². The summed E-state index contributed by atoms with van der Waals surface area (Å²) in [6.45, 7) is 6.54. The Kier molecular flexibility index (Phi) is 12.4. The summed E-state index contributed by atoms with van der Waals surface area (Å²) in [7, 11) is 7.93. The van der Waals surface area contributed by atoms with Crippen molar-refractivity contribution >= 4 is 18.5 Å². The minimum absolute atomic E-state index is 0. The zero-order valence-electron chi connectivity index (χ0n) is 15.2. The van der Waals surface area contributed by atoms with Gasteiger partial charge in [-0.2, -0.15) is 0 Å². The summed E-state index contributed by atoms with van der Waals surface area (Å²) in [6.07, 6.45) is 0. The molecule has 0 saturated heterocycles. The van der Waals surface area contributed by atoms with Gasteiger partial charge in [-0.15, -0.1) is 0 Å². The monoisotopic (exact) mass is 322 g/mol. The SMILES string of the molecule is CN(C)CCN(C)C.[CH2-]P(c1ccccc1)c1ccccc1.[Li+]. The standard InChI is InChI=1S/C13H12P.C6H16N2.Li/c1-14(12-8-4-2-5-9-12)13-10-6-3-7-11-13;1-7(2)5-6-8(3)4;/h2-11H,1H2;5-6H2,1-4H3;/q-1;;+1. The Balaban J connectivity index is 0.000000469. The summed E-state index contributed by atoms with van der Waals surface area (Å²) in [4.78, 5) is 4.36. The molecule has 2 rings (SSSR count). The second-order valence-corrected chi connectivity index (χ2v) is 7.59. The van der Waals surface area contributed by atoms with E-state index in [2.05, 4.69) is 93.2 Å². The van der Waals surface area contributed by atoms with Gasteiger partial charge in [0.25, 0.3) is 0 Å². The van der Waals surface area contributed by atoms with Crippen LogP contribution in [0, 0.1) is 6.66 Å². The molecule has 0 aliphatic rings. The topological polar surface area (TPSA) is 6.48 Å². The smallest absolute Gasteiger partial charge is 0.308 e. The van der Waals surface area contributed by atoms with Crippen molar-refractivity contribution in [1.29, 1.82) is 0 Å². The normalized spacial score (nSPS) is 10.3. The Morgan fingerprint density at radius 1 is 0.696 bits per heavy atom. The Labute approximate surface area is 155 Å². The maximum Gasteiger partial charge on any atom is 1.00 e. The average molecular weight is 322 g/mol. The van der Waals surface area contributed by atoms with Gasteiger partial charge in [-0.05, 0) is 28.2 Å². The molecule has 0 bridgehead atoms. The quantitative estimate of drug-likeness (QED) is 0.435. The van der Waals surface area contributed by atoms with Crippen LogP contribution in [0.25, 0.3) is 0 Å². The van der Waals surface area contributed by atoms with Gasteiger partial charge in [-0.25, -0.2) is 7.92 Å². The summed E-state index contributed by atoms with van der Waals surface area (Å²) in [5.41, 5.74) is 0. The van der Waals surface area contributed by atoms with E-state index in [9.17, 15) is 0 Å². The fourth-order valence-corrected chi connectivity index (χ4v) is 3.13. The van der Waals surface area contributed by atoms with Gasteiger partial charge in [0.1, 0.15) is 0 Å². The molecule has 4 heteroatoms. The van der Waals surface area contributed by atoms with Gasteiger partial charge in [0.15, 0.2) is 0 Å². The van der Waals surface area contributed by atoms with Crippen LogP contribution in [-0.2, 0) is 0 Å². The molecule has 0 N–H and O–H groups in total. The van der Waals surface area contributed by atoms with Crippen molar-refractivity contribution in [3.05, 3.63) is 67.3 Å². The maximum absolute atomic E-state index is 4.24. The molecule has 23 heavy (non-hydrogen) atoms. The first kappa shape index (κ1) is 22.4. The molecule has 0 aliphatic carbocycles. The van der Waals surface area contributed by atoms with Gasteiger partial charge in [0.05, 0.1) is 0 Å². The average Bonchev–Trinajstić information content (AvgIpc) is 2.54. The summed E-state index contributed by atoms with van der Waals surface area (Å²) in [5, 5.41) is 2.66. The third-order valence-electron chi connectivity index (χ3n) is 3.13. The molecule has 0 saturated carbocycles. The molecule has 0 amide bonds. The van der Waals surface area contributed by atoms with Crippen molar-refractivity contribution in [1.82, 2.24) is 9.80 Å². The van der Waals surface area contributed by atoms with Gasteiger partial charge in [-0.3, -0.25) is 0 Å². The van der Waals surface area contributed by atoms with Crippen LogP contribution < -0.4 is 29.5 Å². The van der Waals surface area contributed by atoms with Crippen LogP contribution in [0.1, 0.15) is 0 Å². The van der Waals surface area contributed by atoms with E-state index in [1.165, 1.54) is 10.6 Å². The van der Waals surface area contributed by atoms with Gasteiger partial charge in [0.2, 0.25) is 0 Å². The predicted molar refractivity (Wildman–Crippen MR) is 102 cm³/mol. The molecule has 2 aromatic carbocycles. The number of rotatable bonds is 5. The zero-order valence-corrected chi connectivity index (χ0v) is 16.1. The summed E-state index contributed by atoms with van der Waals surface area (Å²) < 4.78 is 0. The molecule has 120 valence electrons. The summed E-state index contributed by atoms with van der Waals surface area (Å²) in [5.74, 6) is 0. The molecule has 0 heterocycles. The van der Waals surface area contributed by atoms with E-state index in [1.54, 1.807) is 0 Å². The largest absolute Gasteiger partial charge is 1.00 e. The first-order chi connectivity index (χ1) is 10.5. The number of likely N-dealkylation sites (N-methyl/N-ethyl adjacent to an activating group) is 2. The second kappa shape index (κ2) is 12.8. The Morgan fingerprint density at radius 3 is 1.26 bits per heavy atom. The Hall–Kier alpha value is -0.613. The molecule has 2 nitrogen and oxygen atoms in total. The number of hydrogen-bond donors (Lipinski definition) is 0. The van der Waals surface area contributed by atoms with E-state index in [0.717, 1.165) is 13.1 Å². The van der Waals surface area contributed by atoms with Gasteiger partial charge < -0.3 is 16.5 Å². The summed E-state index contributed by atoms with van der Waals surface area (Å²) >= 11 is 0. The first-order valence-electron chi connectivity index (χ1n) is 7.51. The van der Waals surface area contributed by atoms with E-state index in [0.29, 0.717) is 0 Å². The second-order valence-electron chi connectivity index (χ2n) is 5.71. The maximum atomic E-state index is 4.24. The Bertz CT molecular complexity index is 456. The molecular weight excluding hydrogens is 294 g/mol. The van der Waals surface area contributed by atoms with E-state index in [1.807, 2.05) is 12.1 Å². The molecule has 0 aromatic heterocycles. The first-order valence-corrected chi connectivity index (χ1v) is 9.03. The van der Waals surface area contributed by atoms with Crippen LogP contribution in [-0.4, -0.2) is 51.1 Å². The van der Waals surface area contributed by atoms with Crippen molar-refractivity contribution in [3.8, 4) is 0 Å². The molecule has 0 radical (unpaired) electrons. The zero-order chi connectivity index (χ0) is 16.4. The molecular formula is C19H28LiN2P. The van der Waals surface area contributed by atoms with Crippen LogP contribution in [0.2, 0.25) is 0 Å². The molecule has 0 unspecified atom stereocenters. The number of benzene rings is 2. The molecule has 0 fully saturated rings. The Morgan fingerprint density at radius 2 is 1.00 bits per heavy atom. The molecule has 0 atom stereocenters. The molecule has 0 aliphatic heterocycles. The van der Waals surface area contributed by atoms with Crippen LogP contribution in [0.5, 0.6) is 0 Å². The minimum Gasteiger partial charge on any atom is -0.308 e. The van der Waals surface area contributed by atoms with E-state index in [-0.39, 0.29) is 18.9 Å². The fraction of sp³-hybridized carbons (Fsp3) is 0.316. The molecule has 0 spiro atoms. The summed E-state index contributed by atoms with van der Waals surface area (Å²) in [6, 6.07) is 20.9. The van der Waals surface area contributed by atoms with Crippen LogP contribution in [0.3, 0.4) is 0 Å². The van der Waals surface area contributed by atoms with Crippen molar-refractivity contribution in [2.45, 2.75) is 0 Å². The predicted octanol–water partition coefficient (Wildman–Crippen LogP) is 0.0245. The molecule has 2 aromatic rings. The fourth-order valence-electron chi connectivity index (χ4n) is 1.76. The van der Waals surface area contributed by atoms with Crippen molar-refractivity contribution in [2.24, 2.45) is 0 Å². The number of nitrogens with zero attached hydrogens (tertiary/aromatic N) is 2. The van der Waals surface area contributed by atoms with Crippen molar-refractivity contribution in [3.63, 3.8) is 0 Å².